The second-order valence-corrected chi connectivity index (χ2v) is 8.27. The van der Waals surface area contributed by atoms with Crippen molar-refractivity contribution in [2.45, 2.75) is 11.8 Å². The summed E-state index contributed by atoms with van der Waals surface area (Å²) in [6.45, 7) is 2.42. The van der Waals surface area contributed by atoms with Gasteiger partial charge in [-0.2, -0.15) is 0 Å². The molecule has 1 heterocycles. The second kappa shape index (κ2) is 10.4. The van der Waals surface area contributed by atoms with Crippen LogP contribution in [0.15, 0.2) is 88.3 Å². The third kappa shape index (κ3) is 4.72. The summed E-state index contributed by atoms with van der Waals surface area (Å²) in [5, 5.41) is 3.13. The Labute approximate surface area is 202 Å². The van der Waals surface area contributed by atoms with E-state index in [2.05, 4.69) is 5.32 Å². The van der Waals surface area contributed by atoms with Gasteiger partial charge in [0.15, 0.2) is 0 Å². The number of ether oxygens (including phenoxy) is 3. The van der Waals surface area contributed by atoms with E-state index in [1.807, 2.05) is 37.3 Å². The van der Waals surface area contributed by atoms with Crippen molar-refractivity contribution in [3.05, 3.63) is 83.4 Å². The molecule has 0 atom stereocenters. The highest BCUT2D eigenvalue weighted by Gasteiger charge is 2.40. The van der Waals surface area contributed by atoms with Crippen molar-refractivity contribution >= 4 is 35.0 Å². The maximum atomic E-state index is 13.6. The standard InChI is InChI=1S/C26H24N2O5S/c1-4-33-18-12-10-17(11-13-18)28-25(29)23(24(26(28)30)34-20-8-6-5-7-9-20)27-21-16-19(31-2)14-15-22(21)32-3/h5-16,27H,4H2,1-3H3. The van der Waals surface area contributed by atoms with Gasteiger partial charge in [0.2, 0.25) is 0 Å². The third-order valence-electron chi connectivity index (χ3n) is 5.08. The molecule has 1 N–H and O–H groups in total. The Balaban J connectivity index is 1.74. The fraction of sp³-hybridized carbons (Fsp3) is 0.154. The van der Waals surface area contributed by atoms with E-state index >= 15 is 0 Å². The highest BCUT2D eigenvalue weighted by atomic mass is 32.2. The number of amides is 2. The molecule has 0 radical (unpaired) electrons. The van der Waals surface area contributed by atoms with Crippen molar-refractivity contribution in [1.82, 2.24) is 0 Å². The maximum Gasteiger partial charge on any atom is 0.283 e. The van der Waals surface area contributed by atoms with Crippen molar-refractivity contribution in [3.8, 4) is 17.2 Å². The van der Waals surface area contributed by atoms with Crippen LogP contribution in [0, 0.1) is 0 Å². The van der Waals surface area contributed by atoms with Gasteiger partial charge in [0.1, 0.15) is 27.9 Å². The van der Waals surface area contributed by atoms with Crippen molar-refractivity contribution in [2.24, 2.45) is 0 Å². The molecule has 8 heteroatoms. The zero-order valence-corrected chi connectivity index (χ0v) is 19.8. The predicted molar refractivity (Wildman–Crippen MR) is 133 cm³/mol. The van der Waals surface area contributed by atoms with Crippen molar-refractivity contribution in [2.75, 3.05) is 31.0 Å². The lowest BCUT2D eigenvalue weighted by Gasteiger charge is -2.16. The first-order valence-corrected chi connectivity index (χ1v) is 11.4. The molecule has 0 bridgehead atoms. The average Bonchev–Trinajstić information content (AvgIpc) is 3.09. The Morgan fingerprint density at radius 2 is 1.56 bits per heavy atom. The first-order chi connectivity index (χ1) is 16.5. The summed E-state index contributed by atoms with van der Waals surface area (Å²) in [5.74, 6) is 0.889. The van der Waals surface area contributed by atoms with Gasteiger partial charge in [-0.05, 0) is 55.5 Å². The number of nitrogens with zero attached hydrogens (tertiary/aromatic N) is 1. The number of imide groups is 1. The molecule has 1 aliphatic heterocycles. The molecule has 0 unspecified atom stereocenters. The van der Waals surface area contributed by atoms with Crippen molar-refractivity contribution in [3.63, 3.8) is 0 Å². The largest absolute Gasteiger partial charge is 0.497 e. The van der Waals surface area contributed by atoms with Crippen LogP contribution in [-0.2, 0) is 9.59 Å². The van der Waals surface area contributed by atoms with E-state index in [-0.39, 0.29) is 10.6 Å². The number of methoxy groups -OCH3 is 2. The van der Waals surface area contributed by atoms with E-state index in [1.54, 1.807) is 49.6 Å². The molecule has 1 aliphatic rings. The smallest absolute Gasteiger partial charge is 0.283 e. The summed E-state index contributed by atoms with van der Waals surface area (Å²) in [6, 6.07) is 21.5. The zero-order valence-electron chi connectivity index (χ0n) is 19.0. The summed E-state index contributed by atoms with van der Waals surface area (Å²) in [5.41, 5.74) is 1.14. The second-order valence-electron chi connectivity index (χ2n) is 7.18. The summed E-state index contributed by atoms with van der Waals surface area (Å²) >= 11 is 1.23. The number of hydrogen-bond donors (Lipinski definition) is 1. The quantitative estimate of drug-likeness (QED) is 0.431. The molecule has 3 aromatic rings. The van der Waals surface area contributed by atoms with Crippen LogP contribution < -0.4 is 24.4 Å². The molecular weight excluding hydrogens is 452 g/mol. The van der Waals surface area contributed by atoms with Crippen LogP contribution in [0.4, 0.5) is 11.4 Å². The highest BCUT2D eigenvalue weighted by Crippen LogP contribution is 2.39. The molecule has 2 amide bonds. The number of thioether (sulfide) groups is 1. The molecule has 0 saturated carbocycles. The van der Waals surface area contributed by atoms with Crippen LogP contribution in [0.3, 0.4) is 0 Å². The lowest BCUT2D eigenvalue weighted by Crippen LogP contribution is -2.32. The summed E-state index contributed by atoms with van der Waals surface area (Å²) < 4.78 is 16.3. The number of carbonyl (C=O) groups is 2. The van der Waals surface area contributed by atoms with Crippen LogP contribution in [0.5, 0.6) is 17.2 Å². The fourth-order valence-corrected chi connectivity index (χ4v) is 4.41. The predicted octanol–water partition coefficient (Wildman–Crippen LogP) is 5.09. The van der Waals surface area contributed by atoms with Crippen LogP contribution in [0.2, 0.25) is 0 Å². The first kappa shape index (κ1) is 23.3. The van der Waals surface area contributed by atoms with Crippen molar-refractivity contribution < 1.29 is 23.8 Å². The average molecular weight is 477 g/mol. The zero-order chi connectivity index (χ0) is 24.1. The number of carbonyl (C=O) groups excluding carboxylic acids is 2. The van der Waals surface area contributed by atoms with Gasteiger partial charge in [-0.3, -0.25) is 9.59 Å². The van der Waals surface area contributed by atoms with Gasteiger partial charge in [0.05, 0.1) is 32.2 Å². The molecule has 4 rings (SSSR count). The van der Waals surface area contributed by atoms with Crippen LogP contribution in [0.25, 0.3) is 0 Å². The lowest BCUT2D eigenvalue weighted by molar-refractivity contribution is -0.120. The molecule has 34 heavy (non-hydrogen) atoms. The topological polar surface area (TPSA) is 77.1 Å². The molecular formula is C26H24N2O5S. The first-order valence-electron chi connectivity index (χ1n) is 10.6. The summed E-state index contributed by atoms with van der Waals surface area (Å²) in [4.78, 5) is 29.3. The Hall–Kier alpha value is -3.91. The van der Waals surface area contributed by atoms with E-state index < -0.39 is 11.8 Å². The Kier molecular flexibility index (Phi) is 7.08. The van der Waals surface area contributed by atoms with E-state index in [0.29, 0.717) is 35.2 Å². The van der Waals surface area contributed by atoms with Gasteiger partial charge >= 0.3 is 0 Å². The van der Waals surface area contributed by atoms with Gasteiger partial charge in [0.25, 0.3) is 11.8 Å². The molecule has 3 aromatic carbocycles. The molecule has 7 nitrogen and oxygen atoms in total. The number of anilines is 2. The molecule has 0 aliphatic carbocycles. The number of nitrogens with one attached hydrogen (secondary N) is 1. The molecule has 0 fully saturated rings. The molecule has 0 spiro atoms. The van der Waals surface area contributed by atoms with Gasteiger partial charge < -0.3 is 19.5 Å². The Morgan fingerprint density at radius 3 is 2.21 bits per heavy atom. The number of benzene rings is 3. The Bertz CT molecular complexity index is 1230. The number of hydrogen-bond acceptors (Lipinski definition) is 7. The normalized spacial score (nSPS) is 13.3. The SMILES string of the molecule is CCOc1ccc(N2C(=O)C(Nc3cc(OC)ccc3OC)=C(Sc3ccccc3)C2=O)cc1. The monoisotopic (exact) mass is 476 g/mol. The summed E-state index contributed by atoms with van der Waals surface area (Å²) in [7, 11) is 3.09. The Morgan fingerprint density at radius 1 is 0.853 bits per heavy atom. The van der Waals surface area contributed by atoms with Crippen LogP contribution >= 0.6 is 11.8 Å². The minimum atomic E-state index is -0.461. The van der Waals surface area contributed by atoms with E-state index in [4.69, 9.17) is 14.2 Å². The third-order valence-corrected chi connectivity index (χ3v) is 6.17. The van der Waals surface area contributed by atoms with E-state index in [9.17, 15) is 9.59 Å². The van der Waals surface area contributed by atoms with Gasteiger partial charge in [-0.25, -0.2) is 4.90 Å². The minimum absolute atomic E-state index is 0.166. The highest BCUT2D eigenvalue weighted by molar-refractivity contribution is 8.04. The summed E-state index contributed by atoms with van der Waals surface area (Å²) in [6.07, 6.45) is 0. The van der Waals surface area contributed by atoms with Gasteiger partial charge in [0, 0.05) is 11.0 Å². The van der Waals surface area contributed by atoms with E-state index in [0.717, 1.165) is 9.80 Å². The van der Waals surface area contributed by atoms with Gasteiger partial charge in [-0.15, -0.1) is 0 Å². The lowest BCUT2D eigenvalue weighted by atomic mass is 10.2. The molecule has 0 saturated heterocycles. The van der Waals surface area contributed by atoms with Crippen LogP contribution in [0.1, 0.15) is 6.92 Å². The van der Waals surface area contributed by atoms with Crippen molar-refractivity contribution in [1.29, 1.82) is 0 Å². The van der Waals surface area contributed by atoms with Crippen LogP contribution in [-0.4, -0.2) is 32.6 Å². The van der Waals surface area contributed by atoms with Gasteiger partial charge in [-0.1, -0.05) is 30.0 Å². The van der Waals surface area contributed by atoms with E-state index in [1.165, 1.54) is 18.9 Å². The fourth-order valence-electron chi connectivity index (χ4n) is 3.46. The minimum Gasteiger partial charge on any atom is -0.497 e. The number of rotatable bonds is 9. The molecule has 0 aromatic heterocycles. The maximum absolute atomic E-state index is 13.6. The molecule has 174 valence electrons.